The Morgan fingerprint density at radius 1 is 1.26 bits per heavy atom. The maximum Gasteiger partial charge on any atom is 0.134 e. The lowest BCUT2D eigenvalue weighted by atomic mass is 10.1. The van der Waals surface area contributed by atoms with Gasteiger partial charge in [-0.05, 0) is 38.8 Å². The lowest BCUT2D eigenvalue weighted by Gasteiger charge is -2.22. The van der Waals surface area contributed by atoms with Crippen molar-refractivity contribution in [2.24, 2.45) is 5.92 Å². The number of hydrogen-bond acceptors (Lipinski definition) is 5. The Kier molecular flexibility index (Phi) is 4.58. The highest BCUT2D eigenvalue weighted by Crippen LogP contribution is 2.19. The van der Waals surface area contributed by atoms with Gasteiger partial charge >= 0.3 is 0 Å². The van der Waals surface area contributed by atoms with Crippen LogP contribution < -0.4 is 15.1 Å². The zero-order valence-corrected chi connectivity index (χ0v) is 12.5. The molecule has 1 N–H and O–H groups in total. The molecular formula is C14H25N5. The molecule has 5 nitrogen and oxygen atoms in total. The van der Waals surface area contributed by atoms with Gasteiger partial charge in [-0.1, -0.05) is 0 Å². The highest BCUT2D eigenvalue weighted by atomic mass is 15.2. The fraction of sp³-hybridized carbons (Fsp3) is 0.714. The van der Waals surface area contributed by atoms with Gasteiger partial charge < -0.3 is 15.1 Å². The fourth-order valence-corrected chi connectivity index (χ4v) is 2.41. The van der Waals surface area contributed by atoms with Gasteiger partial charge in [0.15, 0.2) is 0 Å². The van der Waals surface area contributed by atoms with Gasteiger partial charge in [0.25, 0.3) is 0 Å². The summed E-state index contributed by atoms with van der Waals surface area (Å²) in [6.07, 6.45) is 2.53. The monoisotopic (exact) mass is 263 g/mol. The van der Waals surface area contributed by atoms with E-state index in [1.807, 2.05) is 25.9 Å². The second kappa shape index (κ2) is 6.19. The molecule has 0 amide bonds. The molecule has 0 spiro atoms. The fourth-order valence-electron chi connectivity index (χ4n) is 2.41. The van der Waals surface area contributed by atoms with Crippen LogP contribution in [0.4, 0.5) is 11.6 Å². The van der Waals surface area contributed by atoms with Crippen LogP contribution >= 0.6 is 0 Å². The number of nitrogens with zero attached hydrogens (tertiary/aromatic N) is 4. The van der Waals surface area contributed by atoms with E-state index < -0.39 is 0 Å². The summed E-state index contributed by atoms with van der Waals surface area (Å²) >= 11 is 0. The molecule has 1 fully saturated rings. The Morgan fingerprint density at radius 2 is 2.00 bits per heavy atom. The van der Waals surface area contributed by atoms with Crippen LogP contribution in [0.25, 0.3) is 0 Å². The molecule has 19 heavy (non-hydrogen) atoms. The molecule has 0 radical (unpaired) electrons. The van der Waals surface area contributed by atoms with E-state index >= 15 is 0 Å². The standard InChI is InChI=1S/C14H25N5/c1-11-16-13(18(2)3)9-14(17-11)19(4)8-6-12-5-7-15-10-12/h9,12,15H,5-8,10H2,1-4H3. The first-order chi connectivity index (χ1) is 9.06. The molecule has 2 rings (SSSR count). The van der Waals surface area contributed by atoms with Gasteiger partial charge in [-0.3, -0.25) is 0 Å². The molecule has 1 aliphatic rings. The Labute approximate surface area is 116 Å². The van der Waals surface area contributed by atoms with Crippen molar-refractivity contribution in [3.8, 4) is 0 Å². The summed E-state index contributed by atoms with van der Waals surface area (Å²) in [5, 5.41) is 3.42. The SMILES string of the molecule is Cc1nc(N(C)C)cc(N(C)CCC2CCNC2)n1. The molecule has 1 aromatic heterocycles. The first-order valence-corrected chi connectivity index (χ1v) is 7.01. The molecule has 1 saturated heterocycles. The minimum Gasteiger partial charge on any atom is -0.363 e. The quantitative estimate of drug-likeness (QED) is 0.867. The largest absolute Gasteiger partial charge is 0.363 e. The molecule has 0 bridgehead atoms. The van der Waals surface area contributed by atoms with Crippen molar-refractivity contribution in [2.45, 2.75) is 19.8 Å². The van der Waals surface area contributed by atoms with Crippen molar-refractivity contribution in [3.63, 3.8) is 0 Å². The van der Waals surface area contributed by atoms with Gasteiger partial charge in [-0.25, -0.2) is 9.97 Å². The second-order valence-corrected chi connectivity index (χ2v) is 5.60. The first kappa shape index (κ1) is 14.1. The first-order valence-electron chi connectivity index (χ1n) is 7.01. The van der Waals surface area contributed by atoms with Crippen LogP contribution in [-0.4, -0.2) is 50.7 Å². The van der Waals surface area contributed by atoms with Crippen molar-refractivity contribution >= 4 is 11.6 Å². The van der Waals surface area contributed by atoms with Crippen LogP contribution in [0.3, 0.4) is 0 Å². The molecule has 1 atom stereocenters. The van der Waals surface area contributed by atoms with E-state index in [-0.39, 0.29) is 0 Å². The lowest BCUT2D eigenvalue weighted by Crippen LogP contribution is -2.24. The minimum absolute atomic E-state index is 0.818. The summed E-state index contributed by atoms with van der Waals surface area (Å²) in [4.78, 5) is 13.2. The van der Waals surface area contributed by atoms with E-state index in [9.17, 15) is 0 Å². The molecule has 1 unspecified atom stereocenters. The minimum atomic E-state index is 0.818. The molecule has 0 aromatic carbocycles. The number of nitrogens with one attached hydrogen (secondary N) is 1. The van der Waals surface area contributed by atoms with Gasteiger partial charge in [0.1, 0.15) is 17.5 Å². The average Bonchev–Trinajstić information content (AvgIpc) is 2.88. The third-order valence-corrected chi connectivity index (χ3v) is 3.70. The van der Waals surface area contributed by atoms with Gasteiger partial charge in [0, 0.05) is 33.8 Å². The molecule has 1 aromatic rings. The van der Waals surface area contributed by atoms with Crippen molar-refractivity contribution in [1.29, 1.82) is 0 Å². The van der Waals surface area contributed by atoms with Crippen molar-refractivity contribution < 1.29 is 0 Å². The maximum atomic E-state index is 4.53. The molecule has 106 valence electrons. The molecule has 0 aliphatic carbocycles. The second-order valence-electron chi connectivity index (χ2n) is 5.60. The maximum absolute atomic E-state index is 4.53. The predicted octanol–water partition coefficient (Wildman–Crippen LogP) is 1.29. The average molecular weight is 263 g/mol. The van der Waals surface area contributed by atoms with Crippen LogP contribution in [0.2, 0.25) is 0 Å². The Balaban J connectivity index is 1.99. The summed E-state index contributed by atoms with van der Waals surface area (Å²) in [7, 11) is 6.13. The summed E-state index contributed by atoms with van der Waals surface area (Å²) in [6.45, 7) is 5.34. The molecule has 5 heteroatoms. The van der Waals surface area contributed by atoms with Crippen molar-refractivity contribution in [1.82, 2.24) is 15.3 Å². The van der Waals surface area contributed by atoms with Crippen LogP contribution in [0.5, 0.6) is 0 Å². The van der Waals surface area contributed by atoms with E-state index in [0.29, 0.717) is 0 Å². The third kappa shape index (κ3) is 3.80. The number of aromatic nitrogens is 2. The summed E-state index contributed by atoms with van der Waals surface area (Å²) in [6, 6.07) is 2.06. The Bertz CT molecular complexity index is 412. The van der Waals surface area contributed by atoms with E-state index in [1.165, 1.54) is 25.9 Å². The normalized spacial score (nSPS) is 18.6. The summed E-state index contributed by atoms with van der Waals surface area (Å²) < 4.78 is 0. The van der Waals surface area contributed by atoms with Crippen LogP contribution in [0.15, 0.2) is 6.07 Å². The number of aryl methyl sites for hydroxylation is 1. The van der Waals surface area contributed by atoms with Crippen LogP contribution in [0.1, 0.15) is 18.7 Å². The van der Waals surface area contributed by atoms with E-state index in [4.69, 9.17) is 0 Å². The molecule has 2 heterocycles. The van der Waals surface area contributed by atoms with E-state index in [2.05, 4.69) is 33.3 Å². The van der Waals surface area contributed by atoms with E-state index in [1.54, 1.807) is 0 Å². The predicted molar refractivity (Wildman–Crippen MR) is 80.0 cm³/mol. The Morgan fingerprint density at radius 3 is 2.63 bits per heavy atom. The summed E-state index contributed by atoms with van der Waals surface area (Å²) in [5.41, 5.74) is 0. The molecule has 1 aliphatic heterocycles. The van der Waals surface area contributed by atoms with Crippen LogP contribution in [-0.2, 0) is 0 Å². The van der Waals surface area contributed by atoms with E-state index in [0.717, 1.165) is 29.9 Å². The van der Waals surface area contributed by atoms with Crippen molar-refractivity contribution in [3.05, 3.63) is 11.9 Å². The number of rotatable bonds is 5. The topological polar surface area (TPSA) is 44.3 Å². The smallest absolute Gasteiger partial charge is 0.134 e. The van der Waals surface area contributed by atoms with Gasteiger partial charge in [0.05, 0.1) is 0 Å². The van der Waals surface area contributed by atoms with Crippen LogP contribution in [0, 0.1) is 12.8 Å². The van der Waals surface area contributed by atoms with Gasteiger partial charge in [-0.15, -0.1) is 0 Å². The Hall–Kier alpha value is -1.36. The van der Waals surface area contributed by atoms with Gasteiger partial charge in [0.2, 0.25) is 0 Å². The van der Waals surface area contributed by atoms with Crippen molar-refractivity contribution in [2.75, 3.05) is 50.6 Å². The zero-order chi connectivity index (χ0) is 13.8. The highest BCUT2D eigenvalue weighted by molar-refractivity contribution is 5.49. The van der Waals surface area contributed by atoms with Gasteiger partial charge in [-0.2, -0.15) is 0 Å². The molecule has 0 saturated carbocycles. The summed E-state index contributed by atoms with van der Waals surface area (Å²) in [5.74, 6) is 3.63. The third-order valence-electron chi connectivity index (χ3n) is 3.70. The zero-order valence-electron chi connectivity index (χ0n) is 12.5. The number of anilines is 2. The molecular weight excluding hydrogens is 238 g/mol. The lowest BCUT2D eigenvalue weighted by molar-refractivity contribution is 0.532. The number of hydrogen-bond donors (Lipinski definition) is 1. The highest BCUT2D eigenvalue weighted by Gasteiger charge is 2.15.